The summed E-state index contributed by atoms with van der Waals surface area (Å²) >= 11 is 3.38. The van der Waals surface area contributed by atoms with E-state index in [2.05, 4.69) is 15.9 Å². The lowest BCUT2D eigenvalue weighted by Crippen LogP contribution is -2.05. The number of hydrogen-bond donors (Lipinski definition) is 0. The number of halogens is 1. The van der Waals surface area contributed by atoms with Crippen molar-refractivity contribution in [3.63, 3.8) is 0 Å². The Labute approximate surface area is 65.2 Å². The summed E-state index contributed by atoms with van der Waals surface area (Å²) in [5, 5.41) is 0. The number of nitrogens with zero attached hydrogens (tertiary/aromatic N) is 1. The van der Waals surface area contributed by atoms with Crippen LogP contribution in [0.1, 0.15) is 6.92 Å². The van der Waals surface area contributed by atoms with Crippen LogP contribution < -0.4 is 0 Å². The predicted octanol–water partition coefficient (Wildman–Crippen LogP) is 2.36. The van der Waals surface area contributed by atoms with Crippen molar-refractivity contribution < 1.29 is 0 Å². The number of allylic oxidation sites excluding steroid dienone is 3. The van der Waals surface area contributed by atoms with E-state index in [4.69, 9.17) is 0 Å². The maximum absolute atomic E-state index is 3.38. The van der Waals surface area contributed by atoms with Crippen LogP contribution in [-0.4, -0.2) is 19.0 Å². The van der Waals surface area contributed by atoms with Crippen LogP contribution in [0.25, 0.3) is 0 Å². The monoisotopic (exact) mass is 189 g/mol. The van der Waals surface area contributed by atoms with Crippen molar-refractivity contribution in [3.8, 4) is 0 Å². The van der Waals surface area contributed by atoms with Gasteiger partial charge in [0, 0.05) is 14.1 Å². The van der Waals surface area contributed by atoms with Gasteiger partial charge in [0.2, 0.25) is 0 Å². The first-order chi connectivity index (χ1) is 4.18. The second kappa shape index (κ2) is 4.62. The van der Waals surface area contributed by atoms with Crippen molar-refractivity contribution in [2.75, 3.05) is 14.1 Å². The quantitative estimate of drug-likeness (QED) is 0.477. The molecule has 0 radical (unpaired) electrons. The van der Waals surface area contributed by atoms with Crippen LogP contribution in [0.4, 0.5) is 0 Å². The van der Waals surface area contributed by atoms with Gasteiger partial charge in [0.05, 0.1) is 4.61 Å². The minimum atomic E-state index is 1.08. The average molecular weight is 190 g/mol. The molecule has 0 saturated heterocycles. The molecule has 2 heteroatoms. The SMILES string of the molecule is C/C=C/C=C(/Br)N(C)C. The van der Waals surface area contributed by atoms with Gasteiger partial charge < -0.3 is 4.90 Å². The van der Waals surface area contributed by atoms with Gasteiger partial charge in [-0.1, -0.05) is 12.2 Å². The molecule has 0 rings (SSSR count). The van der Waals surface area contributed by atoms with E-state index >= 15 is 0 Å². The maximum atomic E-state index is 3.38. The molecule has 0 aliphatic rings. The van der Waals surface area contributed by atoms with Gasteiger partial charge in [-0.05, 0) is 28.9 Å². The summed E-state index contributed by atoms with van der Waals surface area (Å²) in [6, 6.07) is 0. The molecule has 52 valence electrons. The third kappa shape index (κ3) is 4.28. The summed E-state index contributed by atoms with van der Waals surface area (Å²) in [6.45, 7) is 1.99. The van der Waals surface area contributed by atoms with Crippen molar-refractivity contribution in [1.82, 2.24) is 4.90 Å². The molecule has 0 heterocycles. The van der Waals surface area contributed by atoms with Crippen molar-refractivity contribution in [2.45, 2.75) is 6.92 Å². The highest BCUT2D eigenvalue weighted by Gasteiger charge is 1.87. The van der Waals surface area contributed by atoms with E-state index in [1.54, 1.807) is 0 Å². The Hall–Kier alpha value is -0.240. The fraction of sp³-hybridized carbons (Fsp3) is 0.429. The smallest absolute Gasteiger partial charge is 0.0800 e. The molecule has 0 spiro atoms. The van der Waals surface area contributed by atoms with Crippen molar-refractivity contribution in [1.29, 1.82) is 0 Å². The maximum Gasteiger partial charge on any atom is 0.0800 e. The van der Waals surface area contributed by atoms with Gasteiger partial charge in [-0.3, -0.25) is 0 Å². The standard InChI is InChI=1S/C7H12BrN/c1-4-5-6-7(8)9(2)3/h4-6H,1-3H3/b5-4+,7-6-. The summed E-state index contributed by atoms with van der Waals surface area (Å²) in [5.41, 5.74) is 0. The van der Waals surface area contributed by atoms with E-state index in [0.29, 0.717) is 0 Å². The topological polar surface area (TPSA) is 3.24 Å². The Bertz CT molecular complexity index is 125. The molecule has 0 atom stereocenters. The predicted molar refractivity (Wildman–Crippen MR) is 45.5 cm³/mol. The first kappa shape index (κ1) is 8.76. The average Bonchev–Trinajstić information content (AvgIpc) is 1.82. The van der Waals surface area contributed by atoms with E-state index in [1.807, 2.05) is 44.1 Å². The summed E-state index contributed by atoms with van der Waals surface area (Å²) in [6.07, 6.45) is 5.98. The van der Waals surface area contributed by atoms with Gasteiger partial charge in [0.15, 0.2) is 0 Å². The molecule has 1 nitrogen and oxygen atoms in total. The Balaban J connectivity index is 3.84. The molecular weight excluding hydrogens is 178 g/mol. The minimum absolute atomic E-state index is 1.08. The zero-order valence-electron chi connectivity index (χ0n) is 6.06. The van der Waals surface area contributed by atoms with Crippen LogP contribution in [-0.2, 0) is 0 Å². The normalized spacial score (nSPS) is 12.7. The minimum Gasteiger partial charge on any atom is -0.372 e. The highest BCUT2D eigenvalue weighted by Crippen LogP contribution is 2.06. The van der Waals surface area contributed by atoms with E-state index in [1.165, 1.54) is 0 Å². The molecule has 0 saturated carbocycles. The van der Waals surface area contributed by atoms with E-state index < -0.39 is 0 Å². The van der Waals surface area contributed by atoms with Gasteiger partial charge in [-0.2, -0.15) is 0 Å². The zero-order valence-corrected chi connectivity index (χ0v) is 7.64. The number of hydrogen-bond acceptors (Lipinski definition) is 1. The molecular formula is C7H12BrN. The Morgan fingerprint density at radius 1 is 1.44 bits per heavy atom. The van der Waals surface area contributed by atoms with Gasteiger partial charge in [-0.25, -0.2) is 0 Å². The summed E-state index contributed by atoms with van der Waals surface area (Å²) in [7, 11) is 3.98. The Morgan fingerprint density at radius 2 is 2.00 bits per heavy atom. The van der Waals surface area contributed by atoms with Crippen molar-refractivity contribution in [2.24, 2.45) is 0 Å². The van der Waals surface area contributed by atoms with Crippen molar-refractivity contribution in [3.05, 3.63) is 22.8 Å². The van der Waals surface area contributed by atoms with Crippen LogP contribution in [0.15, 0.2) is 22.8 Å². The first-order valence-corrected chi connectivity index (χ1v) is 3.63. The van der Waals surface area contributed by atoms with Crippen LogP contribution in [0.3, 0.4) is 0 Å². The van der Waals surface area contributed by atoms with Gasteiger partial charge in [0.1, 0.15) is 0 Å². The fourth-order valence-corrected chi connectivity index (χ4v) is 0.477. The van der Waals surface area contributed by atoms with Crippen LogP contribution in [0.2, 0.25) is 0 Å². The summed E-state index contributed by atoms with van der Waals surface area (Å²) in [4.78, 5) is 2.00. The van der Waals surface area contributed by atoms with E-state index in [-0.39, 0.29) is 0 Å². The summed E-state index contributed by atoms with van der Waals surface area (Å²) in [5.74, 6) is 0. The summed E-state index contributed by atoms with van der Waals surface area (Å²) < 4.78 is 1.08. The molecule has 0 bridgehead atoms. The van der Waals surface area contributed by atoms with Crippen LogP contribution in [0, 0.1) is 0 Å². The highest BCUT2D eigenvalue weighted by molar-refractivity contribution is 9.11. The molecule has 0 aromatic carbocycles. The van der Waals surface area contributed by atoms with Crippen LogP contribution in [0.5, 0.6) is 0 Å². The zero-order chi connectivity index (χ0) is 7.28. The fourth-order valence-electron chi connectivity index (χ4n) is 0.325. The second-order valence-electron chi connectivity index (χ2n) is 1.91. The molecule has 0 unspecified atom stereocenters. The molecule has 0 aliphatic carbocycles. The molecule has 0 N–H and O–H groups in total. The number of rotatable bonds is 2. The largest absolute Gasteiger partial charge is 0.372 e. The Morgan fingerprint density at radius 3 is 2.33 bits per heavy atom. The second-order valence-corrected chi connectivity index (χ2v) is 2.72. The lowest BCUT2D eigenvalue weighted by molar-refractivity contribution is 0.553. The first-order valence-electron chi connectivity index (χ1n) is 2.84. The van der Waals surface area contributed by atoms with Gasteiger partial charge in [-0.15, -0.1) is 0 Å². The molecule has 0 aromatic rings. The lowest BCUT2D eigenvalue weighted by atomic mass is 10.5. The lowest BCUT2D eigenvalue weighted by Gasteiger charge is -2.08. The Kier molecular flexibility index (Phi) is 4.50. The van der Waals surface area contributed by atoms with Crippen LogP contribution >= 0.6 is 15.9 Å². The van der Waals surface area contributed by atoms with Gasteiger partial charge >= 0.3 is 0 Å². The van der Waals surface area contributed by atoms with E-state index in [9.17, 15) is 0 Å². The van der Waals surface area contributed by atoms with E-state index in [0.717, 1.165) is 4.61 Å². The third-order valence-corrected chi connectivity index (χ3v) is 1.83. The molecule has 0 aliphatic heterocycles. The molecule has 0 aromatic heterocycles. The highest BCUT2D eigenvalue weighted by atomic mass is 79.9. The van der Waals surface area contributed by atoms with Gasteiger partial charge in [0.25, 0.3) is 0 Å². The molecule has 0 fully saturated rings. The molecule has 0 amide bonds. The van der Waals surface area contributed by atoms with Crippen molar-refractivity contribution >= 4 is 15.9 Å². The molecule has 9 heavy (non-hydrogen) atoms. The third-order valence-electron chi connectivity index (χ3n) is 0.853.